The zero-order valence-electron chi connectivity index (χ0n) is 35.6. The number of ketones is 1. The standard InChI is InChI=1S/C38H64N8O12S2/c1-7-39-37(54)57-22-27(23-58-38(55)40-8-2)56-15-9-10-28(47)26(16-31(48)43-13-11-41-24(3)20-45-33(50)18-29(59-5)35(45)52)17-32(49)44-14-12-42-25(4)21-46-34(51)19-30(60-6)36(46)53/h24-27,29-30,41-42H,7-23H2,1-6H3,(H,39,54)(H,40,55)(H,43,48)(H,44,49). The van der Waals surface area contributed by atoms with Gasteiger partial charge in [-0.25, -0.2) is 9.59 Å². The molecule has 6 N–H and O–H groups in total. The number of carbonyl (C=O) groups is 9. The number of nitrogens with one attached hydrogen (secondary N) is 6. The van der Waals surface area contributed by atoms with Crippen LogP contribution in [0.5, 0.6) is 0 Å². The summed E-state index contributed by atoms with van der Waals surface area (Å²) in [6.07, 6.45) is 1.40. The molecule has 60 heavy (non-hydrogen) atoms. The first-order valence-electron chi connectivity index (χ1n) is 20.3. The van der Waals surface area contributed by atoms with Gasteiger partial charge in [0.2, 0.25) is 35.4 Å². The number of amides is 8. The number of imide groups is 2. The molecule has 0 aromatic heterocycles. The molecule has 0 aliphatic carbocycles. The van der Waals surface area contributed by atoms with Crippen molar-refractivity contribution >= 4 is 76.9 Å². The Kier molecular flexibility index (Phi) is 24.8. The molecular formula is C38H64N8O12S2. The van der Waals surface area contributed by atoms with Gasteiger partial charge in [-0.15, -0.1) is 0 Å². The van der Waals surface area contributed by atoms with Gasteiger partial charge < -0.3 is 46.1 Å². The molecule has 340 valence electrons. The van der Waals surface area contributed by atoms with E-state index in [2.05, 4.69) is 31.9 Å². The third-order valence-corrected chi connectivity index (χ3v) is 11.3. The number of nitrogens with zero attached hydrogens (tertiary/aromatic N) is 2. The van der Waals surface area contributed by atoms with Gasteiger partial charge >= 0.3 is 12.2 Å². The predicted octanol–water partition coefficient (Wildman–Crippen LogP) is -0.221. The molecule has 20 nitrogen and oxygen atoms in total. The van der Waals surface area contributed by atoms with Crippen molar-refractivity contribution in [2.24, 2.45) is 5.92 Å². The topological polar surface area (TPSA) is 260 Å². The van der Waals surface area contributed by atoms with Crippen molar-refractivity contribution < 1.29 is 57.4 Å². The largest absolute Gasteiger partial charge is 0.447 e. The van der Waals surface area contributed by atoms with Gasteiger partial charge in [0.05, 0.1) is 10.5 Å². The van der Waals surface area contributed by atoms with E-state index < -0.39 is 36.0 Å². The summed E-state index contributed by atoms with van der Waals surface area (Å²) in [5.41, 5.74) is 0. The lowest BCUT2D eigenvalue weighted by Gasteiger charge is -2.21. The van der Waals surface area contributed by atoms with Gasteiger partial charge in [-0.1, -0.05) is 0 Å². The van der Waals surface area contributed by atoms with Crippen LogP contribution in [0.2, 0.25) is 0 Å². The second kappa shape index (κ2) is 28.5. The van der Waals surface area contributed by atoms with Gasteiger partial charge in [0, 0.05) is 109 Å². The number of Topliss-reactive ketones (excluding diaryl/α,β-unsaturated/α-hetero) is 1. The van der Waals surface area contributed by atoms with Gasteiger partial charge in [-0.2, -0.15) is 23.5 Å². The number of likely N-dealkylation sites (tertiary alicyclic amines) is 2. The summed E-state index contributed by atoms with van der Waals surface area (Å²) in [6.45, 7) is 8.80. The monoisotopic (exact) mass is 888 g/mol. The highest BCUT2D eigenvalue weighted by atomic mass is 32.2. The smallest absolute Gasteiger partial charge is 0.407 e. The second-order valence-corrected chi connectivity index (χ2v) is 16.5. The molecule has 4 unspecified atom stereocenters. The Labute approximate surface area is 360 Å². The quantitative estimate of drug-likeness (QED) is 0.0403. The predicted molar refractivity (Wildman–Crippen MR) is 225 cm³/mol. The van der Waals surface area contributed by atoms with Crippen molar-refractivity contribution in [3.05, 3.63) is 0 Å². The third-order valence-electron chi connectivity index (χ3n) is 9.45. The van der Waals surface area contributed by atoms with E-state index >= 15 is 0 Å². The van der Waals surface area contributed by atoms with E-state index in [0.717, 1.165) is 0 Å². The maximum absolute atomic E-state index is 13.5. The van der Waals surface area contributed by atoms with Crippen molar-refractivity contribution in [1.29, 1.82) is 0 Å². The molecule has 2 fully saturated rings. The molecule has 0 aromatic rings. The molecule has 2 aliphatic heterocycles. The molecule has 2 aliphatic rings. The van der Waals surface area contributed by atoms with Crippen LogP contribution in [0.4, 0.5) is 9.59 Å². The summed E-state index contributed by atoms with van der Waals surface area (Å²) in [5.74, 6) is -3.06. The molecule has 22 heteroatoms. The van der Waals surface area contributed by atoms with E-state index in [0.29, 0.717) is 26.2 Å². The molecule has 0 saturated carbocycles. The summed E-state index contributed by atoms with van der Waals surface area (Å²) in [7, 11) is 0. The van der Waals surface area contributed by atoms with Crippen molar-refractivity contribution in [3.8, 4) is 0 Å². The normalized spacial score (nSPS) is 18.1. The van der Waals surface area contributed by atoms with Crippen molar-refractivity contribution in [1.82, 2.24) is 41.7 Å². The Morgan fingerprint density at radius 3 is 1.50 bits per heavy atom. The van der Waals surface area contributed by atoms with E-state index in [1.54, 1.807) is 26.4 Å². The first-order valence-corrected chi connectivity index (χ1v) is 22.9. The van der Waals surface area contributed by atoms with E-state index in [1.807, 2.05) is 13.8 Å². The highest BCUT2D eigenvalue weighted by Crippen LogP contribution is 2.24. The minimum atomic E-state index is -0.963. The fraction of sp³-hybridized carbons (Fsp3) is 0.763. The molecular weight excluding hydrogens is 825 g/mol. The average molecular weight is 889 g/mol. The molecule has 0 bridgehead atoms. The van der Waals surface area contributed by atoms with E-state index in [9.17, 15) is 43.2 Å². The van der Waals surface area contributed by atoms with Crippen LogP contribution in [0, 0.1) is 5.92 Å². The van der Waals surface area contributed by atoms with Crippen LogP contribution in [0.25, 0.3) is 0 Å². The van der Waals surface area contributed by atoms with Crippen molar-refractivity contribution in [2.45, 2.75) is 94.9 Å². The van der Waals surface area contributed by atoms with Gasteiger partial charge in [-0.3, -0.25) is 43.4 Å². The molecule has 2 saturated heterocycles. The number of thioether (sulfide) groups is 2. The van der Waals surface area contributed by atoms with E-state index in [1.165, 1.54) is 33.3 Å². The number of hydrogen-bond acceptors (Lipinski definition) is 16. The van der Waals surface area contributed by atoms with Crippen LogP contribution in [0.1, 0.15) is 66.2 Å². The van der Waals surface area contributed by atoms with Gasteiger partial charge in [0.15, 0.2) is 0 Å². The third kappa shape index (κ3) is 19.2. The molecule has 0 spiro atoms. The zero-order valence-corrected chi connectivity index (χ0v) is 37.2. The van der Waals surface area contributed by atoms with Crippen LogP contribution in [0.15, 0.2) is 0 Å². The fourth-order valence-electron chi connectivity index (χ4n) is 6.24. The van der Waals surface area contributed by atoms with Crippen LogP contribution in [-0.2, 0) is 47.8 Å². The fourth-order valence-corrected chi connectivity index (χ4v) is 7.52. The summed E-state index contributed by atoms with van der Waals surface area (Å²) in [4.78, 5) is 115. The summed E-state index contributed by atoms with van der Waals surface area (Å²) in [5, 5.41) is 16.1. The second-order valence-electron chi connectivity index (χ2n) is 14.4. The van der Waals surface area contributed by atoms with Crippen molar-refractivity contribution in [3.63, 3.8) is 0 Å². The highest BCUT2D eigenvalue weighted by Gasteiger charge is 2.39. The minimum absolute atomic E-state index is 0.0197. The van der Waals surface area contributed by atoms with Gasteiger partial charge in [0.25, 0.3) is 0 Å². The van der Waals surface area contributed by atoms with E-state index in [-0.39, 0.29) is 137 Å². The molecule has 8 amide bonds. The Morgan fingerprint density at radius 1 is 0.683 bits per heavy atom. The molecule has 0 aromatic carbocycles. The van der Waals surface area contributed by atoms with Crippen LogP contribution in [-0.4, -0.2) is 177 Å². The maximum atomic E-state index is 13.5. The van der Waals surface area contributed by atoms with E-state index in [4.69, 9.17) is 14.2 Å². The van der Waals surface area contributed by atoms with Gasteiger partial charge in [-0.05, 0) is 46.6 Å². The molecule has 0 radical (unpaired) electrons. The Morgan fingerprint density at radius 2 is 1.12 bits per heavy atom. The number of ether oxygens (including phenoxy) is 3. The molecule has 2 heterocycles. The Bertz CT molecular complexity index is 1380. The number of rotatable bonds is 30. The molecule has 2 rings (SSSR count). The summed E-state index contributed by atoms with van der Waals surface area (Å²) < 4.78 is 16.0. The Hall–Kier alpha value is -3.99. The number of carbonyl (C=O) groups excluding carboxylic acids is 9. The average Bonchev–Trinajstić information content (AvgIpc) is 3.64. The van der Waals surface area contributed by atoms with Crippen LogP contribution >= 0.6 is 23.5 Å². The summed E-state index contributed by atoms with van der Waals surface area (Å²) >= 11 is 2.69. The van der Waals surface area contributed by atoms with Crippen LogP contribution < -0.4 is 31.9 Å². The van der Waals surface area contributed by atoms with Crippen molar-refractivity contribution in [2.75, 3.05) is 84.7 Å². The lowest BCUT2D eigenvalue weighted by molar-refractivity contribution is -0.140. The lowest BCUT2D eigenvalue weighted by atomic mass is 9.92. The first-order chi connectivity index (χ1) is 28.6. The highest BCUT2D eigenvalue weighted by molar-refractivity contribution is 8.00. The lowest BCUT2D eigenvalue weighted by Crippen LogP contribution is -2.45. The summed E-state index contributed by atoms with van der Waals surface area (Å²) in [6, 6.07) is -0.462. The molecule has 4 atom stereocenters. The van der Waals surface area contributed by atoms with Gasteiger partial charge in [0.1, 0.15) is 25.1 Å². The number of hydrogen-bond donors (Lipinski definition) is 6. The first kappa shape index (κ1) is 52.1. The maximum Gasteiger partial charge on any atom is 0.407 e. The zero-order chi connectivity index (χ0) is 44.6. The minimum Gasteiger partial charge on any atom is -0.447 e. The van der Waals surface area contributed by atoms with Crippen LogP contribution in [0.3, 0.4) is 0 Å². The Balaban J connectivity index is 1.92. The number of alkyl carbamates (subject to hydrolysis) is 2. The SMILES string of the molecule is CCNC(=O)OCC(COC(=O)NCC)OCCCC(=O)C(CC(=O)NCCNC(C)CN1C(=O)CC(SC)C1=O)CC(=O)NCCNC(C)CN1C(=O)CC(SC)C1=O.